The lowest BCUT2D eigenvalue weighted by atomic mass is 9.99. The van der Waals surface area contributed by atoms with Gasteiger partial charge in [-0.25, -0.2) is 0 Å². The van der Waals surface area contributed by atoms with Crippen LogP contribution in [0.3, 0.4) is 0 Å². The third kappa shape index (κ3) is 3.12. The highest BCUT2D eigenvalue weighted by atomic mass is 15.3. The van der Waals surface area contributed by atoms with E-state index in [0.717, 1.165) is 31.7 Å². The van der Waals surface area contributed by atoms with Crippen molar-refractivity contribution in [2.24, 2.45) is 5.73 Å². The van der Waals surface area contributed by atoms with Gasteiger partial charge >= 0.3 is 0 Å². The standard InChI is InChI=1S/C14H26N4/c1-3-18-14(10-12(2)16-18)11-17-9-5-4-6-13(17)7-8-15/h10,13H,3-9,11,15H2,1-2H3. The van der Waals surface area contributed by atoms with E-state index in [1.54, 1.807) is 0 Å². The van der Waals surface area contributed by atoms with Gasteiger partial charge in [0.25, 0.3) is 0 Å². The zero-order valence-corrected chi connectivity index (χ0v) is 11.7. The molecule has 0 saturated carbocycles. The van der Waals surface area contributed by atoms with Gasteiger partial charge in [0.05, 0.1) is 11.4 Å². The zero-order chi connectivity index (χ0) is 13.0. The second-order valence-corrected chi connectivity index (χ2v) is 5.29. The van der Waals surface area contributed by atoms with Gasteiger partial charge in [-0.15, -0.1) is 0 Å². The number of rotatable bonds is 5. The SMILES string of the molecule is CCn1nc(C)cc1CN1CCCCC1CCN. The van der Waals surface area contributed by atoms with Crippen molar-refractivity contribution in [3.63, 3.8) is 0 Å². The number of aryl methyl sites for hydroxylation is 2. The van der Waals surface area contributed by atoms with Crippen LogP contribution in [-0.2, 0) is 13.1 Å². The molecule has 1 aromatic rings. The third-order valence-corrected chi connectivity index (χ3v) is 3.90. The van der Waals surface area contributed by atoms with Gasteiger partial charge in [0.1, 0.15) is 0 Å². The Hall–Kier alpha value is -0.870. The minimum absolute atomic E-state index is 0.671. The largest absolute Gasteiger partial charge is 0.330 e. The molecular formula is C14H26N4. The molecule has 0 bridgehead atoms. The normalized spacial score (nSPS) is 21.4. The van der Waals surface area contributed by atoms with Gasteiger partial charge in [-0.3, -0.25) is 9.58 Å². The lowest BCUT2D eigenvalue weighted by Gasteiger charge is -2.35. The summed E-state index contributed by atoms with van der Waals surface area (Å²) in [5.41, 5.74) is 8.20. The first kappa shape index (κ1) is 13.6. The van der Waals surface area contributed by atoms with E-state index in [0.29, 0.717) is 6.04 Å². The van der Waals surface area contributed by atoms with Gasteiger partial charge in [-0.05, 0) is 52.3 Å². The fourth-order valence-corrected chi connectivity index (χ4v) is 3.00. The summed E-state index contributed by atoms with van der Waals surface area (Å²) >= 11 is 0. The van der Waals surface area contributed by atoms with E-state index in [2.05, 4.69) is 34.6 Å². The lowest BCUT2D eigenvalue weighted by Crippen LogP contribution is -2.40. The Labute approximate surface area is 110 Å². The monoisotopic (exact) mass is 250 g/mol. The quantitative estimate of drug-likeness (QED) is 0.868. The minimum atomic E-state index is 0.671. The molecule has 1 fully saturated rings. The van der Waals surface area contributed by atoms with Crippen molar-refractivity contribution in [3.05, 3.63) is 17.5 Å². The Morgan fingerprint density at radius 1 is 1.44 bits per heavy atom. The summed E-state index contributed by atoms with van der Waals surface area (Å²) in [6.07, 6.45) is 5.10. The van der Waals surface area contributed by atoms with Crippen LogP contribution >= 0.6 is 0 Å². The van der Waals surface area contributed by atoms with Crippen molar-refractivity contribution in [3.8, 4) is 0 Å². The lowest BCUT2D eigenvalue weighted by molar-refractivity contribution is 0.130. The summed E-state index contributed by atoms with van der Waals surface area (Å²) in [7, 11) is 0. The molecule has 18 heavy (non-hydrogen) atoms. The van der Waals surface area contributed by atoms with E-state index in [1.165, 1.54) is 31.5 Å². The number of nitrogens with zero attached hydrogens (tertiary/aromatic N) is 3. The Morgan fingerprint density at radius 2 is 2.28 bits per heavy atom. The van der Waals surface area contributed by atoms with Gasteiger partial charge in [0.2, 0.25) is 0 Å². The Balaban J connectivity index is 2.05. The van der Waals surface area contributed by atoms with Crippen molar-refractivity contribution >= 4 is 0 Å². The van der Waals surface area contributed by atoms with E-state index in [4.69, 9.17) is 5.73 Å². The molecule has 1 saturated heterocycles. The molecule has 1 atom stereocenters. The van der Waals surface area contributed by atoms with Gasteiger partial charge in [-0.2, -0.15) is 5.10 Å². The van der Waals surface area contributed by atoms with E-state index < -0.39 is 0 Å². The fourth-order valence-electron chi connectivity index (χ4n) is 3.00. The van der Waals surface area contributed by atoms with Crippen LogP contribution in [0.4, 0.5) is 0 Å². The van der Waals surface area contributed by atoms with Crippen LogP contribution in [0, 0.1) is 6.92 Å². The molecule has 2 rings (SSSR count). The van der Waals surface area contributed by atoms with Crippen LogP contribution in [0.2, 0.25) is 0 Å². The predicted molar refractivity (Wildman–Crippen MR) is 74.4 cm³/mol. The van der Waals surface area contributed by atoms with Gasteiger partial charge in [0.15, 0.2) is 0 Å². The average Bonchev–Trinajstić information content (AvgIpc) is 2.72. The topological polar surface area (TPSA) is 47.1 Å². The second-order valence-electron chi connectivity index (χ2n) is 5.29. The Kier molecular flexibility index (Phi) is 4.78. The molecule has 0 spiro atoms. The molecular weight excluding hydrogens is 224 g/mol. The van der Waals surface area contributed by atoms with Crippen LogP contribution in [0.1, 0.15) is 44.0 Å². The molecule has 1 aromatic heterocycles. The first-order valence-electron chi connectivity index (χ1n) is 7.22. The molecule has 0 aliphatic carbocycles. The van der Waals surface area contributed by atoms with Crippen molar-refractivity contribution in [1.82, 2.24) is 14.7 Å². The highest BCUT2D eigenvalue weighted by Gasteiger charge is 2.22. The summed E-state index contributed by atoms with van der Waals surface area (Å²) in [6, 6.07) is 2.89. The van der Waals surface area contributed by atoms with Gasteiger partial charge in [0, 0.05) is 19.1 Å². The summed E-state index contributed by atoms with van der Waals surface area (Å²) < 4.78 is 2.13. The molecule has 1 aliphatic heterocycles. The van der Waals surface area contributed by atoms with E-state index in [9.17, 15) is 0 Å². The number of nitrogens with two attached hydrogens (primary N) is 1. The molecule has 1 aliphatic rings. The molecule has 1 unspecified atom stereocenters. The number of likely N-dealkylation sites (tertiary alicyclic amines) is 1. The smallest absolute Gasteiger partial charge is 0.0597 e. The first-order valence-corrected chi connectivity index (χ1v) is 7.22. The summed E-state index contributed by atoms with van der Waals surface area (Å²) in [5.74, 6) is 0. The maximum atomic E-state index is 5.73. The molecule has 2 N–H and O–H groups in total. The summed E-state index contributed by atoms with van der Waals surface area (Å²) in [4.78, 5) is 2.60. The van der Waals surface area contributed by atoms with Crippen molar-refractivity contribution < 1.29 is 0 Å². The first-order chi connectivity index (χ1) is 8.74. The van der Waals surface area contributed by atoms with Crippen LogP contribution in [-0.4, -0.2) is 33.8 Å². The predicted octanol–water partition coefficient (Wildman–Crippen LogP) is 1.91. The molecule has 102 valence electrons. The van der Waals surface area contributed by atoms with Crippen molar-refractivity contribution in [2.75, 3.05) is 13.1 Å². The molecule has 0 radical (unpaired) electrons. The third-order valence-electron chi connectivity index (χ3n) is 3.90. The summed E-state index contributed by atoms with van der Waals surface area (Å²) in [5, 5.41) is 4.53. The average molecular weight is 250 g/mol. The summed E-state index contributed by atoms with van der Waals surface area (Å²) in [6.45, 7) is 8.22. The molecule has 2 heterocycles. The Morgan fingerprint density at radius 3 is 3.00 bits per heavy atom. The minimum Gasteiger partial charge on any atom is -0.330 e. The molecule has 0 aromatic carbocycles. The van der Waals surface area contributed by atoms with Crippen molar-refractivity contribution in [2.45, 2.75) is 58.7 Å². The van der Waals surface area contributed by atoms with Crippen molar-refractivity contribution in [1.29, 1.82) is 0 Å². The van der Waals surface area contributed by atoms with E-state index >= 15 is 0 Å². The second kappa shape index (κ2) is 6.34. The van der Waals surface area contributed by atoms with Crippen LogP contribution in [0.15, 0.2) is 6.07 Å². The molecule has 4 nitrogen and oxygen atoms in total. The fraction of sp³-hybridized carbons (Fsp3) is 0.786. The highest BCUT2D eigenvalue weighted by molar-refractivity contribution is 5.09. The van der Waals surface area contributed by atoms with Gasteiger partial charge < -0.3 is 5.73 Å². The zero-order valence-electron chi connectivity index (χ0n) is 11.7. The van der Waals surface area contributed by atoms with Gasteiger partial charge in [-0.1, -0.05) is 6.42 Å². The molecule has 4 heteroatoms. The van der Waals surface area contributed by atoms with Crippen LogP contribution in [0.25, 0.3) is 0 Å². The number of aromatic nitrogens is 2. The number of hydrogen-bond donors (Lipinski definition) is 1. The van der Waals surface area contributed by atoms with E-state index in [-0.39, 0.29) is 0 Å². The van der Waals surface area contributed by atoms with Crippen LogP contribution < -0.4 is 5.73 Å². The van der Waals surface area contributed by atoms with E-state index in [1.807, 2.05) is 0 Å². The van der Waals surface area contributed by atoms with Crippen LogP contribution in [0.5, 0.6) is 0 Å². The number of piperidine rings is 1. The maximum absolute atomic E-state index is 5.73. The number of hydrogen-bond acceptors (Lipinski definition) is 3. The molecule has 0 amide bonds. The maximum Gasteiger partial charge on any atom is 0.0597 e. The Bertz CT molecular complexity index is 370. The highest BCUT2D eigenvalue weighted by Crippen LogP contribution is 2.21.